The molecule has 0 spiro atoms. The first-order chi connectivity index (χ1) is 41.1. The predicted octanol–water partition coefficient (Wildman–Crippen LogP) is 19.1. The summed E-state index contributed by atoms with van der Waals surface area (Å²) in [5.41, 5.74) is 20.8. The smallest absolute Gasteiger partial charge is 0.227 e. The third kappa shape index (κ3) is 10.3. The van der Waals surface area contributed by atoms with E-state index in [1.165, 1.54) is 11.1 Å². The van der Waals surface area contributed by atoms with Crippen LogP contribution in [0.3, 0.4) is 0 Å². The molecule has 0 aliphatic carbocycles. The molecule has 18 rings (SSSR count). The van der Waals surface area contributed by atoms with E-state index in [2.05, 4.69) is 73.0 Å². The summed E-state index contributed by atoms with van der Waals surface area (Å²) in [5, 5.41) is 8.80. The summed E-state index contributed by atoms with van der Waals surface area (Å²) in [6.45, 7) is 12.2. The van der Waals surface area contributed by atoms with E-state index in [1.807, 2.05) is 192 Å². The van der Waals surface area contributed by atoms with Gasteiger partial charge in [-0.3, -0.25) is 15.0 Å². The largest absolute Gasteiger partial charge is 0.454 e. The predicted molar refractivity (Wildman–Crippen MR) is 335 cm³/mol. The molecule has 0 fully saturated rings. The first-order valence-electron chi connectivity index (χ1n) is 27.4. The number of rotatable bonds is 0. The molecule has 84 heavy (non-hydrogen) atoms. The fraction of sp³-hybridized carbons (Fsp3) is 0.0845. The highest BCUT2D eigenvalue weighted by Gasteiger charge is 2.13. The third-order valence-corrected chi connectivity index (χ3v) is 14.4. The van der Waals surface area contributed by atoms with Crippen LogP contribution in [-0.2, 0) is 0 Å². The van der Waals surface area contributed by atoms with Gasteiger partial charge in [0.25, 0.3) is 0 Å². The van der Waals surface area contributed by atoms with E-state index in [-0.39, 0.29) is 0 Å². The van der Waals surface area contributed by atoms with Crippen molar-refractivity contribution in [2.24, 2.45) is 0 Å². The van der Waals surface area contributed by atoms with Gasteiger partial charge in [-0.05, 0) is 167 Å². The van der Waals surface area contributed by atoms with E-state index in [0.717, 1.165) is 149 Å². The number of fused-ring (bicyclic) bond motifs is 18. The van der Waals surface area contributed by atoms with E-state index < -0.39 is 0 Å². The van der Waals surface area contributed by atoms with Gasteiger partial charge >= 0.3 is 0 Å². The molecule has 0 saturated heterocycles. The summed E-state index contributed by atoms with van der Waals surface area (Å²) in [6.07, 6.45) is 10.5. The molecule has 6 aromatic carbocycles. The highest BCUT2D eigenvalue weighted by Crippen LogP contribution is 2.33. The van der Waals surface area contributed by atoms with Crippen LogP contribution in [0.25, 0.3) is 132 Å². The normalized spacial score (nSPS) is 11.2. The molecular weight excluding hydrogens is 1050 g/mol. The second-order valence-corrected chi connectivity index (χ2v) is 20.4. The van der Waals surface area contributed by atoms with Gasteiger partial charge in [-0.2, -0.15) is 0 Å². The van der Waals surface area contributed by atoms with Gasteiger partial charge in [0.1, 0.15) is 61.9 Å². The highest BCUT2D eigenvalue weighted by molar-refractivity contribution is 6.07. The number of nitrogens with zero attached hydrogens (tertiary/aromatic N) is 7. The summed E-state index contributed by atoms with van der Waals surface area (Å²) in [5.74, 6) is 0. The average molecular weight is 1100 g/mol. The maximum Gasteiger partial charge on any atom is 0.227 e. The lowest BCUT2D eigenvalue weighted by Crippen LogP contribution is -1.82. The molecule has 0 amide bonds. The number of hydrogen-bond donors (Lipinski definition) is 0. The van der Waals surface area contributed by atoms with Crippen LogP contribution in [0.1, 0.15) is 33.5 Å². The highest BCUT2D eigenvalue weighted by atomic mass is 16.4. The molecule has 13 heteroatoms. The number of hydrogen-bond acceptors (Lipinski definition) is 13. The van der Waals surface area contributed by atoms with Crippen molar-refractivity contribution in [1.82, 2.24) is 34.9 Å². The SMILES string of the molecule is Cc1ccc2oc3cccnc3c2c1.Cc1ccc2oc3ncccc3c2c1.Cc1cccc2c1oc1cccnc12.Cc1ccnc2c1oc1ccccc12.Cc1cnc2oc3ccccc3c2c1.Cc1ncnc2c1oc1ccccc12. The van der Waals surface area contributed by atoms with Gasteiger partial charge in [0.05, 0.1) is 5.69 Å². The second-order valence-electron chi connectivity index (χ2n) is 20.4. The van der Waals surface area contributed by atoms with Crippen molar-refractivity contribution in [1.29, 1.82) is 0 Å². The Labute approximate surface area is 479 Å². The second kappa shape index (κ2) is 22.5. The summed E-state index contributed by atoms with van der Waals surface area (Å²) in [6, 6.07) is 58.0. The fourth-order valence-corrected chi connectivity index (χ4v) is 10.3. The van der Waals surface area contributed by atoms with Crippen LogP contribution in [0, 0.1) is 41.5 Å². The number of benzene rings is 6. The van der Waals surface area contributed by atoms with Crippen LogP contribution in [0.4, 0.5) is 0 Å². The number of pyridine rings is 5. The summed E-state index contributed by atoms with van der Waals surface area (Å²) < 4.78 is 33.9. The molecule has 12 heterocycles. The third-order valence-electron chi connectivity index (χ3n) is 14.4. The molecule has 18 aromatic rings. The molecule has 0 radical (unpaired) electrons. The van der Waals surface area contributed by atoms with E-state index in [0.29, 0.717) is 5.71 Å². The number of para-hydroxylation sites is 4. The van der Waals surface area contributed by atoms with Gasteiger partial charge in [0.15, 0.2) is 22.3 Å². The van der Waals surface area contributed by atoms with Crippen molar-refractivity contribution >= 4 is 132 Å². The van der Waals surface area contributed by atoms with E-state index in [1.54, 1.807) is 24.9 Å². The Kier molecular flexibility index (Phi) is 14.0. The Morgan fingerprint density at radius 2 is 0.750 bits per heavy atom. The Morgan fingerprint density at radius 1 is 0.262 bits per heavy atom. The lowest BCUT2D eigenvalue weighted by atomic mass is 10.1. The van der Waals surface area contributed by atoms with Crippen molar-refractivity contribution in [2.45, 2.75) is 41.5 Å². The zero-order chi connectivity index (χ0) is 57.3. The van der Waals surface area contributed by atoms with Crippen molar-refractivity contribution in [3.63, 3.8) is 0 Å². The molecule has 13 nitrogen and oxygen atoms in total. The first kappa shape index (κ1) is 52.3. The molecule has 408 valence electrons. The first-order valence-corrected chi connectivity index (χ1v) is 27.4. The molecule has 0 aliphatic heterocycles. The summed E-state index contributed by atoms with van der Waals surface area (Å²) in [4.78, 5) is 29.7. The standard InChI is InChI=1S/5C12H9NO.C11H8N2O/c1-8-4-2-5-9-11-10(14-12(8)9)6-3-7-13-11;1-8-4-5-10-9(7-8)12-11(14-10)3-2-6-13-12;1-8-4-5-11-10(7-8)9-3-2-6-13-12(9)14-11;1-8-6-10-9-4-2-3-5-11(9)14-12(10)13-7-8;1-8-6-7-13-11-9-4-2-3-5-10(9)14-12(8)11;1-7-11-10(13-6-12-7)8-4-2-3-5-9(8)14-11/h5*2-7H,1H3;2-6H,1H3. The molecule has 0 aliphatic rings. The van der Waals surface area contributed by atoms with E-state index >= 15 is 0 Å². The number of aryl methyl sites for hydroxylation is 6. The Hall–Kier alpha value is -11.1. The van der Waals surface area contributed by atoms with E-state index in [4.69, 9.17) is 26.5 Å². The van der Waals surface area contributed by atoms with Crippen LogP contribution in [-0.4, -0.2) is 34.9 Å². The van der Waals surface area contributed by atoms with Crippen LogP contribution in [0.2, 0.25) is 0 Å². The quantitative estimate of drug-likeness (QED) is 0.141. The summed E-state index contributed by atoms with van der Waals surface area (Å²) >= 11 is 0. The minimum absolute atomic E-state index is 0.716. The topological polar surface area (TPSA) is 169 Å². The molecule has 0 bridgehead atoms. The zero-order valence-corrected chi connectivity index (χ0v) is 46.8. The molecule has 12 aromatic heterocycles. The lowest BCUT2D eigenvalue weighted by molar-refractivity contribution is 0.653. The Bertz CT molecular complexity index is 4830. The molecule has 0 saturated carbocycles. The van der Waals surface area contributed by atoms with Gasteiger partial charge in [-0.25, -0.2) is 19.9 Å². The van der Waals surface area contributed by atoms with Crippen molar-refractivity contribution < 1.29 is 26.5 Å². The maximum atomic E-state index is 5.72. The van der Waals surface area contributed by atoms with Crippen molar-refractivity contribution in [3.8, 4) is 0 Å². The van der Waals surface area contributed by atoms with Gasteiger partial charge in [-0.15, -0.1) is 0 Å². The lowest BCUT2D eigenvalue weighted by Gasteiger charge is -1.91. The van der Waals surface area contributed by atoms with Gasteiger partial charge in [0, 0.05) is 74.1 Å². The van der Waals surface area contributed by atoms with Gasteiger partial charge in [0.2, 0.25) is 11.4 Å². The average Bonchev–Trinajstić information content (AvgIpc) is 4.21. The van der Waals surface area contributed by atoms with E-state index in [9.17, 15) is 0 Å². The Morgan fingerprint density at radius 3 is 1.48 bits per heavy atom. The zero-order valence-electron chi connectivity index (χ0n) is 46.8. The van der Waals surface area contributed by atoms with Crippen molar-refractivity contribution in [2.75, 3.05) is 0 Å². The minimum atomic E-state index is 0.716. The monoisotopic (exact) mass is 1100 g/mol. The van der Waals surface area contributed by atoms with Gasteiger partial charge in [-0.1, -0.05) is 77.9 Å². The van der Waals surface area contributed by atoms with Crippen molar-refractivity contribution in [3.05, 3.63) is 247 Å². The molecule has 0 atom stereocenters. The molecule has 0 N–H and O–H groups in total. The van der Waals surface area contributed by atoms with Gasteiger partial charge < -0.3 is 26.5 Å². The van der Waals surface area contributed by atoms with Crippen LogP contribution >= 0.6 is 0 Å². The maximum absolute atomic E-state index is 5.72. The number of aromatic nitrogens is 7. The van der Waals surface area contributed by atoms with Crippen LogP contribution < -0.4 is 0 Å². The fourth-order valence-electron chi connectivity index (χ4n) is 10.3. The number of furan rings is 6. The molecule has 0 unspecified atom stereocenters. The molecular formula is C71H53N7O6. The Balaban J connectivity index is 0.0000000940. The minimum Gasteiger partial charge on any atom is -0.454 e. The summed E-state index contributed by atoms with van der Waals surface area (Å²) in [7, 11) is 0. The van der Waals surface area contributed by atoms with Crippen LogP contribution in [0.15, 0.2) is 240 Å². The van der Waals surface area contributed by atoms with Crippen LogP contribution in [0.5, 0.6) is 0 Å².